The van der Waals surface area contributed by atoms with Crippen molar-refractivity contribution in [3.05, 3.63) is 71.8 Å². The minimum absolute atomic E-state index is 0.217. The third-order valence-corrected chi connectivity index (χ3v) is 6.09. The fourth-order valence-electron chi connectivity index (χ4n) is 4.60. The van der Waals surface area contributed by atoms with Crippen LogP contribution in [0.1, 0.15) is 56.8 Å². The zero-order valence-corrected chi connectivity index (χ0v) is 15.0. The molecule has 0 unspecified atom stereocenters. The van der Waals surface area contributed by atoms with Crippen LogP contribution in [0.4, 0.5) is 0 Å². The average Bonchev–Trinajstić information content (AvgIpc) is 2.62. The third kappa shape index (κ3) is 3.01. The summed E-state index contributed by atoms with van der Waals surface area (Å²) in [6.07, 6.45) is 1.87. The first kappa shape index (κ1) is 17.2. The highest BCUT2D eigenvalue weighted by molar-refractivity contribution is 5.23. The molecule has 2 aromatic rings. The molecule has 1 aliphatic heterocycles. The molecule has 4 atom stereocenters. The van der Waals surface area contributed by atoms with Gasteiger partial charge >= 0.3 is 0 Å². The van der Waals surface area contributed by atoms with Crippen molar-refractivity contribution in [1.29, 1.82) is 0 Å². The monoisotopic (exact) mass is 324 g/mol. The van der Waals surface area contributed by atoms with Crippen LogP contribution < -0.4 is 5.32 Å². The lowest BCUT2D eigenvalue weighted by Crippen LogP contribution is -2.93. The fourth-order valence-corrected chi connectivity index (χ4v) is 4.60. The van der Waals surface area contributed by atoms with E-state index in [1.54, 1.807) is 0 Å². The zero-order valence-electron chi connectivity index (χ0n) is 15.0. The van der Waals surface area contributed by atoms with Crippen molar-refractivity contribution in [1.82, 2.24) is 0 Å². The quantitative estimate of drug-likeness (QED) is 0.880. The average molecular weight is 324 g/mol. The van der Waals surface area contributed by atoms with Gasteiger partial charge in [-0.15, -0.1) is 0 Å². The molecule has 0 spiro atoms. The Balaban J connectivity index is 2.02. The lowest BCUT2D eigenvalue weighted by molar-refractivity contribution is -0.764. The van der Waals surface area contributed by atoms with Crippen molar-refractivity contribution in [3.8, 4) is 0 Å². The molecule has 0 amide bonds. The number of piperidine rings is 1. The van der Waals surface area contributed by atoms with Crippen LogP contribution in [0, 0.1) is 11.8 Å². The molecule has 1 saturated heterocycles. The van der Waals surface area contributed by atoms with E-state index in [0.29, 0.717) is 0 Å². The molecule has 24 heavy (non-hydrogen) atoms. The van der Waals surface area contributed by atoms with Gasteiger partial charge in [-0.1, -0.05) is 87.9 Å². The van der Waals surface area contributed by atoms with Crippen molar-refractivity contribution in [2.75, 3.05) is 0 Å². The van der Waals surface area contributed by atoms with Gasteiger partial charge < -0.3 is 10.4 Å². The summed E-state index contributed by atoms with van der Waals surface area (Å²) in [5, 5.41) is 14.1. The Morgan fingerprint density at radius 3 is 1.62 bits per heavy atom. The largest absolute Gasteiger partial charge is 0.389 e. The van der Waals surface area contributed by atoms with Crippen molar-refractivity contribution < 1.29 is 10.4 Å². The van der Waals surface area contributed by atoms with Gasteiger partial charge in [0, 0.05) is 23.0 Å². The molecule has 1 heterocycles. The molecule has 0 saturated carbocycles. The van der Waals surface area contributed by atoms with E-state index in [0.717, 1.165) is 12.8 Å². The van der Waals surface area contributed by atoms with Gasteiger partial charge in [0.2, 0.25) is 0 Å². The maximum absolute atomic E-state index is 11.7. The standard InChI is InChI=1S/C22H29NO/c1-4-15-22(24)16(2)20(18-11-7-5-8-12-18)23-21(17(22)3)19-13-9-6-10-14-19/h5-14,16-17,20-21,23-24H,4,15H2,1-3H3/p+1/t16-,17-,20-,21-/m0/s1. The summed E-state index contributed by atoms with van der Waals surface area (Å²) < 4.78 is 0. The summed E-state index contributed by atoms with van der Waals surface area (Å²) >= 11 is 0. The second kappa shape index (κ2) is 7.08. The lowest BCUT2D eigenvalue weighted by Gasteiger charge is -2.49. The Kier molecular flexibility index (Phi) is 5.07. The van der Waals surface area contributed by atoms with Gasteiger partial charge in [-0.2, -0.15) is 0 Å². The number of quaternary nitrogens is 1. The molecule has 2 nitrogen and oxygen atoms in total. The molecule has 0 radical (unpaired) electrons. The topological polar surface area (TPSA) is 36.8 Å². The zero-order chi connectivity index (χ0) is 17.2. The maximum atomic E-state index is 11.7. The first-order chi connectivity index (χ1) is 11.6. The van der Waals surface area contributed by atoms with Crippen molar-refractivity contribution in [2.24, 2.45) is 11.8 Å². The van der Waals surface area contributed by atoms with Crippen LogP contribution in [0.25, 0.3) is 0 Å². The van der Waals surface area contributed by atoms with Crippen LogP contribution >= 0.6 is 0 Å². The van der Waals surface area contributed by atoms with Gasteiger partial charge in [-0.25, -0.2) is 0 Å². The van der Waals surface area contributed by atoms with Crippen LogP contribution in [0.2, 0.25) is 0 Å². The van der Waals surface area contributed by atoms with Crippen molar-refractivity contribution in [2.45, 2.75) is 51.3 Å². The van der Waals surface area contributed by atoms with E-state index < -0.39 is 5.60 Å². The van der Waals surface area contributed by atoms with Gasteiger partial charge in [-0.3, -0.25) is 0 Å². The number of benzene rings is 2. The number of aliphatic hydroxyl groups is 1. The molecule has 1 fully saturated rings. The highest BCUT2D eigenvalue weighted by Crippen LogP contribution is 2.44. The van der Waals surface area contributed by atoms with Gasteiger partial charge in [0.15, 0.2) is 0 Å². The smallest absolute Gasteiger partial charge is 0.117 e. The number of hydrogen-bond donors (Lipinski definition) is 2. The van der Waals surface area contributed by atoms with Crippen LogP contribution in [0.5, 0.6) is 0 Å². The Morgan fingerprint density at radius 2 is 1.25 bits per heavy atom. The van der Waals surface area contributed by atoms with E-state index in [2.05, 4.69) is 86.8 Å². The second-order valence-electron chi connectivity index (χ2n) is 7.38. The first-order valence-electron chi connectivity index (χ1n) is 9.25. The molecule has 3 N–H and O–H groups in total. The molecule has 0 aromatic heterocycles. The highest BCUT2D eigenvalue weighted by atomic mass is 16.3. The molecule has 1 aliphatic rings. The van der Waals surface area contributed by atoms with E-state index >= 15 is 0 Å². The summed E-state index contributed by atoms with van der Waals surface area (Å²) in [6.45, 7) is 6.62. The Hall–Kier alpha value is -1.64. The van der Waals surface area contributed by atoms with Gasteiger partial charge in [-0.05, 0) is 6.42 Å². The van der Waals surface area contributed by atoms with E-state index in [4.69, 9.17) is 0 Å². The van der Waals surface area contributed by atoms with E-state index in [1.807, 2.05) is 0 Å². The van der Waals surface area contributed by atoms with Crippen LogP contribution in [-0.2, 0) is 0 Å². The SMILES string of the molecule is CCCC1(O)[C@@H](C)[C@@H](c2ccccc2)[NH2+][C@H](c2ccccc2)[C@@H]1C. The van der Waals surface area contributed by atoms with Crippen molar-refractivity contribution in [3.63, 3.8) is 0 Å². The fraction of sp³-hybridized carbons (Fsp3) is 0.455. The molecule has 3 rings (SSSR count). The number of nitrogens with two attached hydrogens (primary N) is 1. The van der Waals surface area contributed by atoms with Crippen LogP contribution in [0.15, 0.2) is 60.7 Å². The molecule has 2 heteroatoms. The van der Waals surface area contributed by atoms with Crippen molar-refractivity contribution >= 4 is 0 Å². The molecule has 128 valence electrons. The second-order valence-corrected chi connectivity index (χ2v) is 7.38. The summed E-state index contributed by atoms with van der Waals surface area (Å²) in [6, 6.07) is 21.9. The summed E-state index contributed by atoms with van der Waals surface area (Å²) in [5.41, 5.74) is 1.99. The van der Waals surface area contributed by atoms with E-state index in [9.17, 15) is 5.11 Å². The van der Waals surface area contributed by atoms with Crippen LogP contribution in [0.3, 0.4) is 0 Å². The van der Waals surface area contributed by atoms with Crippen LogP contribution in [-0.4, -0.2) is 10.7 Å². The predicted octanol–water partition coefficient (Wildman–Crippen LogP) is 3.85. The molecule has 2 aromatic carbocycles. The Morgan fingerprint density at radius 1 is 0.833 bits per heavy atom. The Labute approximate surface area is 145 Å². The minimum atomic E-state index is -0.634. The predicted molar refractivity (Wildman–Crippen MR) is 98.5 cm³/mol. The van der Waals surface area contributed by atoms with Gasteiger partial charge in [0.1, 0.15) is 12.1 Å². The molecular weight excluding hydrogens is 294 g/mol. The number of rotatable bonds is 4. The van der Waals surface area contributed by atoms with E-state index in [-0.39, 0.29) is 23.9 Å². The Bertz CT molecular complexity index is 588. The van der Waals surface area contributed by atoms with E-state index in [1.165, 1.54) is 11.1 Å². The minimum Gasteiger partial charge on any atom is -0.389 e. The molecular formula is C22H30NO+. The summed E-state index contributed by atoms with van der Waals surface area (Å²) in [4.78, 5) is 0. The normalized spacial score (nSPS) is 33.3. The molecule has 0 bridgehead atoms. The maximum Gasteiger partial charge on any atom is 0.117 e. The lowest BCUT2D eigenvalue weighted by atomic mass is 9.64. The summed E-state index contributed by atoms with van der Waals surface area (Å²) in [7, 11) is 0. The third-order valence-electron chi connectivity index (χ3n) is 6.09. The highest BCUT2D eigenvalue weighted by Gasteiger charge is 2.53. The molecule has 0 aliphatic carbocycles. The first-order valence-corrected chi connectivity index (χ1v) is 9.25. The summed E-state index contributed by atoms with van der Waals surface area (Å²) in [5.74, 6) is 0.435. The van der Waals surface area contributed by atoms with Gasteiger partial charge in [0.25, 0.3) is 0 Å². The number of hydrogen-bond acceptors (Lipinski definition) is 1. The van der Waals surface area contributed by atoms with Gasteiger partial charge in [0.05, 0.1) is 5.60 Å².